The van der Waals surface area contributed by atoms with Crippen molar-refractivity contribution in [3.05, 3.63) is 70.8 Å². The zero-order valence-corrected chi connectivity index (χ0v) is 21.3. The lowest BCUT2D eigenvalue weighted by Crippen LogP contribution is -2.91. The Balaban J connectivity index is 1.45. The Morgan fingerprint density at radius 1 is 1.09 bits per heavy atom. The van der Waals surface area contributed by atoms with E-state index in [1.54, 1.807) is 0 Å². The summed E-state index contributed by atoms with van der Waals surface area (Å²) in [6.07, 6.45) is 4.47. The predicted molar refractivity (Wildman–Crippen MR) is 136 cm³/mol. The molecule has 4 nitrogen and oxygen atoms in total. The molecule has 3 heterocycles. The number of amides is 1. The summed E-state index contributed by atoms with van der Waals surface area (Å²) in [5, 5.41) is 4.86. The molecular weight excluding hydrogens is 418 g/mol. The van der Waals surface area contributed by atoms with Crippen LogP contribution in [-0.4, -0.2) is 43.0 Å². The van der Waals surface area contributed by atoms with Crippen LogP contribution in [0.15, 0.2) is 48.5 Å². The summed E-state index contributed by atoms with van der Waals surface area (Å²) < 4.78 is 0. The number of benzene rings is 2. The number of nitrogens with two attached hydrogens (primary N) is 2. The van der Waals surface area contributed by atoms with Crippen LogP contribution in [0.5, 0.6) is 0 Å². The zero-order chi connectivity index (χ0) is 23.7. The Morgan fingerprint density at radius 2 is 1.85 bits per heavy atom. The van der Waals surface area contributed by atoms with Gasteiger partial charge in [0.05, 0.1) is 19.6 Å². The van der Waals surface area contributed by atoms with Gasteiger partial charge in [-0.1, -0.05) is 80.8 Å². The van der Waals surface area contributed by atoms with Gasteiger partial charge >= 0.3 is 0 Å². The first kappa shape index (κ1) is 23.6. The Morgan fingerprint density at radius 3 is 2.62 bits per heavy atom. The van der Waals surface area contributed by atoms with Gasteiger partial charge in [-0.3, -0.25) is 4.79 Å². The molecule has 5 rings (SSSR count). The van der Waals surface area contributed by atoms with E-state index in [-0.39, 0.29) is 11.3 Å². The van der Waals surface area contributed by atoms with E-state index in [2.05, 4.69) is 84.8 Å². The summed E-state index contributed by atoms with van der Waals surface area (Å²) in [7, 11) is 0. The van der Waals surface area contributed by atoms with Crippen LogP contribution in [0.3, 0.4) is 0 Å². The third-order valence-corrected chi connectivity index (χ3v) is 9.34. The van der Waals surface area contributed by atoms with Crippen LogP contribution >= 0.6 is 0 Å². The van der Waals surface area contributed by atoms with Gasteiger partial charge in [0.15, 0.2) is 0 Å². The van der Waals surface area contributed by atoms with Crippen molar-refractivity contribution in [2.45, 2.75) is 70.4 Å². The normalized spacial score (nSPS) is 28.9. The van der Waals surface area contributed by atoms with Gasteiger partial charge in [-0.05, 0) is 42.7 Å². The highest BCUT2D eigenvalue weighted by atomic mass is 16.2. The minimum atomic E-state index is -0.0346. The van der Waals surface area contributed by atoms with Gasteiger partial charge in [-0.15, -0.1) is 0 Å². The lowest BCUT2D eigenvalue weighted by molar-refractivity contribution is -0.691. The van der Waals surface area contributed by atoms with Crippen molar-refractivity contribution >= 4 is 5.91 Å². The molecule has 2 saturated heterocycles. The quantitative estimate of drug-likeness (QED) is 0.707. The third-order valence-electron chi connectivity index (χ3n) is 9.34. The molecule has 2 aromatic rings. The number of rotatable bonds is 5. The molecule has 0 unspecified atom stereocenters. The van der Waals surface area contributed by atoms with Crippen molar-refractivity contribution in [3.8, 4) is 0 Å². The van der Waals surface area contributed by atoms with Crippen molar-refractivity contribution in [1.82, 2.24) is 4.90 Å². The van der Waals surface area contributed by atoms with Crippen molar-refractivity contribution in [3.63, 3.8) is 0 Å². The van der Waals surface area contributed by atoms with E-state index in [1.165, 1.54) is 22.3 Å². The smallest absolute Gasteiger partial charge is 0.233 e. The lowest BCUT2D eigenvalue weighted by atomic mass is 9.67. The lowest BCUT2D eigenvalue weighted by Gasteiger charge is -2.46. The second kappa shape index (κ2) is 9.83. The van der Waals surface area contributed by atoms with Crippen LogP contribution in [0.4, 0.5) is 0 Å². The van der Waals surface area contributed by atoms with Gasteiger partial charge in [0, 0.05) is 18.2 Å². The predicted octanol–water partition coefficient (Wildman–Crippen LogP) is 2.71. The number of aryl methyl sites for hydroxylation is 1. The van der Waals surface area contributed by atoms with E-state index in [0.717, 1.165) is 58.4 Å². The Hall–Kier alpha value is -2.17. The number of quaternary nitrogens is 2. The number of fused-ring (bicyclic) bond motifs is 2. The molecule has 1 amide bonds. The molecule has 4 heteroatoms. The molecule has 0 saturated carbocycles. The molecule has 0 bridgehead atoms. The number of nitrogens with zero attached hydrogens (tertiary/aromatic N) is 1. The van der Waals surface area contributed by atoms with Gasteiger partial charge < -0.3 is 15.5 Å². The Bertz CT molecular complexity index is 1000. The van der Waals surface area contributed by atoms with Gasteiger partial charge in [0.1, 0.15) is 17.9 Å². The first-order valence-corrected chi connectivity index (χ1v) is 13.7. The molecule has 3 aliphatic heterocycles. The minimum Gasteiger partial charge on any atom is -0.345 e. The van der Waals surface area contributed by atoms with E-state index < -0.39 is 0 Å². The third kappa shape index (κ3) is 4.09. The molecule has 182 valence electrons. The molecule has 34 heavy (non-hydrogen) atoms. The van der Waals surface area contributed by atoms with E-state index in [4.69, 9.17) is 0 Å². The minimum absolute atomic E-state index is 0.0346. The van der Waals surface area contributed by atoms with Crippen molar-refractivity contribution in [1.29, 1.82) is 0 Å². The van der Waals surface area contributed by atoms with Gasteiger partial charge in [-0.25, -0.2) is 0 Å². The standard InChI is InChI=1S/C30H41N3O/c1-4-22(5-2)28-16-24(23-9-7-6-8-10-23)13-14-33(28)29(34)27-18-32-20-30(27)19-31-17-25-15-21(3)11-12-26(25)30/h6-12,15,22,24,27-28,31-32H,4-5,13-14,16-20H2,1-3H3/p+2/t24-,27-,28+,30-/m1/s1. The number of hydrogen-bond acceptors (Lipinski definition) is 1. The molecular formula is C30H43N3O+2. The van der Waals surface area contributed by atoms with Crippen LogP contribution < -0.4 is 10.6 Å². The van der Waals surface area contributed by atoms with Crippen LogP contribution in [0, 0.1) is 18.8 Å². The molecule has 2 aromatic carbocycles. The van der Waals surface area contributed by atoms with E-state index in [9.17, 15) is 4.79 Å². The van der Waals surface area contributed by atoms with Crippen LogP contribution in [0.25, 0.3) is 0 Å². The molecule has 1 spiro atoms. The van der Waals surface area contributed by atoms with Crippen LogP contribution in [0.2, 0.25) is 0 Å². The zero-order valence-electron chi connectivity index (χ0n) is 21.3. The van der Waals surface area contributed by atoms with Crippen molar-refractivity contribution < 1.29 is 15.4 Å². The molecule has 4 N–H and O–H groups in total. The van der Waals surface area contributed by atoms with Gasteiger partial charge in [0.2, 0.25) is 5.91 Å². The maximum absolute atomic E-state index is 14.4. The monoisotopic (exact) mass is 461 g/mol. The summed E-state index contributed by atoms with van der Waals surface area (Å²) in [5.41, 5.74) is 5.63. The van der Waals surface area contributed by atoms with Crippen molar-refractivity contribution in [2.75, 3.05) is 26.2 Å². The summed E-state index contributed by atoms with van der Waals surface area (Å²) >= 11 is 0. The number of piperidine rings is 1. The maximum Gasteiger partial charge on any atom is 0.233 e. The first-order chi connectivity index (χ1) is 16.6. The number of likely N-dealkylation sites (tertiary alicyclic amines) is 1. The fraction of sp³-hybridized carbons (Fsp3) is 0.567. The SMILES string of the molecule is CCC(CC)[C@@H]1C[C@H](c2ccccc2)CCN1C(=O)[C@H]1C[NH2+]C[C@@]12C[NH2+]Cc1cc(C)ccc12. The maximum atomic E-state index is 14.4. The molecule has 0 radical (unpaired) electrons. The second-order valence-corrected chi connectivity index (χ2v) is 11.1. The van der Waals surface area contributed by atoms with Gasteiger partial charge in [-0.2, -0.15) is 0 Å². The summed E-state index contributed by atoms with van der Waals surface area (Å²) in [6, 6.07) is 18.3. The number of carbonyl (C=O) groups is 1. The number of hydrogen-bond donors (Lipinski definition) is 2. The largest absolute Gasteiger partial charge is 0.345 e. The summed E-state index contributed by atoms with van der Waals surface area (Å²) in [4.78, 5) is 16.8. The van der Waals surface area contributed by atoms with Crippen LogP contribution in [-0.2, 0) is 16.8 Å². The van der Waals surface area contributed by atoms with E-state index in [1.807, 2.05) is 0 Å². The first-order valence-electron chi connectivity index (χ1n) is 13.7. The van der Waals surface area contributed by atoms with E-state index in [0.29, 0.717) is 23.8 Å². The molecule has 3 aliphatic rings. The topological polar surface area (TPSA) is 53.5 Å². The van der Waals surface area contributed by atoms with Gasteiger partial charge in [0.25, 0.3) is 0 Å². The fourth-order valence-electron chi connectivity index (χ4n) is 7.49. The Kier molecular flexibility index (Phi) is 6.81. The summed E-state index contributed by atoms with van der Waals surface area (Å²) in [5.74, 6) is 1.64. The van der Waals surface area contributed by atoms with E-state index >= 15 is 0 Å². The Labute approximate surface area is 205 Å². The molecule has 0 aromatic heterocycles. The van der Waals surface area contributed by atoms with Crippen molar-refractivity contribution in [2.24, 2.45) is 11.8 Å². The molecule has 0 aliphatic carbocycles. The molecule has 2 fully saturated rings. The second-order valence-electron chi connectivity index (χ2n) is 11.1. The summed E-state index contributed by atoms with van der Waals surface area (Å²) in [6.45, 7) is 11.7. The average molecular weight is 462 g/mol. The fourth-order valence-corrected chi connectivity index (χ4v) is 7.49. The highest BCUT2D eigenvalue weighted by molar-refractivity contribution is 5.82. The highest BCUT2D eigenvalue weighted by Gasteiger charge is 2.56. The molecule has 4 atom stereocenters. The average Bonchev–Trinajstić information content (AvgIpc) is 3.28. The highest BCUT2D eigenvalue weighted by Crippen LogP contribution is 2.41. The number of carbonyl (C=O) groups excluding carboxylic acids is 1. The van der Waals surface area contributed by atoms with Crippen LogP contribution in [0.1, 0.15) is 67.7 Å².